The minimum atomic E-state index is -3.67. The molecule has 2 fully saturated rings. The van der Waals surface area contributed by atoms with Crippen molar-refractivity contribution in [1.82, 2.24) is 4.31 Å². The maximum Gasteiger partial charge on any atom is 0.257 e. The van der Waals surface area contributed by atoms with E-state index in [9.17, 15) is 13.2 Å². The number of sulfonamides is 1. The van der Waals surface area contributed by atoms with Gasteiger partial charge in [0.1, 0.15) is 0 Å². The molecule has 2 aliphatic rings. The molecule has 0 bridgehead atoms. The largest absolute Gasteiger partial charge is 0.378 e. The van der Waals surface area contributed by atoms with E-state index in [1.54, 1.807) is 0 Å². The number of morpholine rings is 1. The molecule has 0 spiro atoms. The number of carbonyl (C=O) groups excluding carboxylic acids is 1. The molecule has 2 aromatic rings. The molecule has 0 aromatic heterocycles. The Morgan fingerprint density at radius 2 is 1.69 bits per heavy atom. The Kier molecular flexibility index (Phi) is 7.05. The minimum Gasteiger partial charge on any atom is -0.378 e. The lowest BCUT2D eigenvalue weighted by Crippen LogP contribution is -2.37. The molecule has 0 saturated carbocycles. The van der Waals surface area contributed by atoms with E-state index in [1.807, 2.05) is 24.3 Å². The number of hydrogen-bond acceptors (Lipinski definition) is 5. The van der Waals surface area contributed by atoms with Crippen LogP contribution in [-0.4, -0.2) is 58.0 Å². The number of nitrogens with one attached hydrogen (secondary N) is 1. The first-order valence-corrected chi connectivity index (χ1v) is 12.7. The third-order valence-corrected chi connectivity index (χ3v) is 8.29. The van der Waals surface area contributed by atoms with Crippen LogP contribution in [0.2, 0.25) is 5.02 Å². The second-order valence-corrected chi connectivity index (χ2v) is 10.7. The topological polar surface area (TPSA) is 79.0 Å². The summed E-state index contributed by atoms with van der Waals surface area (Å²) in [5.74, 6) is 0.0704. The molecule has 2 aliphatic heterocycles. The number of halogens is 1. The van der Waals surface area contributed by atoms with Crippen molar-refractivity contribution in [2.24, 2.45) is 5.92 Å². The monoisotopic (exact) mass is 477 g/mol. The molecule has 0 atom stereocenters. The zero-order chi connectivity index (χ0) is 22.7. The average Bonchev–Trinajstić information content (AvgIpc) is 2.80. The molecule has 0 radical (unpaired) electrons. The quantitative estimate of drug-likeness (QED) is 0.707. The van der Waals surface area contributed by atoms with Crippen LogP contribution < -0.4 is 10.2 Å². The SMILES string of the molecule is CC1CCN(S(=O)(=O)c2ccc(Cl)c(C(=O)Nc3ccc(N4CCOCC4)cc3)c2)CC1. The Hall–Kier alpha value is -2.13. The van der Waals surface area contributed by atoms with E-state index in [1.165, 1.54) is 22.5 Å². The van der Waals surface area contributed by atoms with E-state index in [4.69, 9.17) is 16.3 Å². The van der Waals surface area contributed by atoms with Gasteiger partial charge in [-0.15, -0.1) is 0 Å². The van der Waals surface area contributed by atoms with Gasteiger partial charge in [0.05, 0.1) is 28.7 Å². The molecule has 4 rings (SSSR count). The average molecular weight is 478 g/mol. The molecule has 2 saturated heterocycles. The number of rotatable bonds is 5. The van der Waals surface area contributed by atoms with Crippen molar-refractivity contribution in [2.45, 2.75) is 24.7 Å². The zero-order valence-corrected chi connectivity index (χ0v) is 19.7. The molecule has 0 unspecified atom stereocenters. The predicted molar refractivity (Wildman–Crippen MR) is 126 cm³/mol. The van der Waals surface area contributed by atoms with Gasteiger partial charge in [-0.3, -0.25) is 4.79 Å². The van der Waals surface area contributed by atoms with Crippen LogP contribution in [0.5, 0.6) is 0 Å². The van der Waals surface area contributed by atoms with Gasteiger partial charge in [0, 0.05) is 37.6 Å². The van der Waals surface area contributed by atoms with E-state index in [-0.39, 0.29) is 15.5 Å². The standard InChI is InChI=1S/C23H28ClN3O4S/c1-17-8-10-27(11-9-17)32(29,30)20-6-7-22(24)21(16-20)23(28)25-18-2-4-19(5-3-18)26-12-14-31-15-13-26/h2-7,16-17H,8-15H2,1H3,(H,25,28). The van der Waals surface area contributed by atoms with Gasteiger partial charge < -0.3 is 15.0 Å². The van der Waals surface area contributed by atoms with Crippen molar-refractivity contribution in [3.63, 3.8) is 0 Å². The number of nitrogens with zero attached hydrogens (tertiary/aromatic N) is 2. The number of benzene rings is 2. The highest BCUT2D eigenvalue weighted by atomic mass is 35.5. The Morgan fingerprint density at radius 1 is 1.03 bits per heavy atom. The van der Waals surface area contributed by atoms with Gasteiger partial charge in [-0.1, -0.05) is 18.5 Å². The van der Waals surface area contributed by atoms with Crippen LogP contribution in [0.1, 0.15) is 30.1 Å². The number of ether oxygens (including phenoxy) is 1. The van der Waals surface area contributed by atoms with Gasteiger partial charge in [0.25, 0.3) is 5.91 Å². The molecule has 9 heteroatoms. The summed E-state index contributed by atoms with van der Waals surface area (Å²) in [7, 11) is -3.67. The summed E-state index contributed by atoms with van der Waals surface area (Å²) < 4.78 is 33.0. The van der Waals surface area contributed by atoms with Gasteiger partial charge in [0.2, 0.25) is 10.0 Å². The molecule has 1 amide bonds. The third kappa shape index (κ3) is 5.09. The molecular weight excluding hydrogens is 450 g/mol. The lowest BCUT2D eigenvalue weighted by atomic mass is 10.0. The van der Waals surface area contributed by atoms with E-state index < -0.39 is 15.9 Å². The summed E-state index contributed by atoms with van der Waals surface area (Å²) in [6.07, 6.45) is 1.67. The van der Waals surface area contributed by atoms with Crippen molar-refractivity contribution in [2.75, 3.05) is 49.6 Å². The normalized spacial score (nSPS) is 18.5. The fraction of sp³-hybridized carbons (Fsp3) is 0.435. The maximum atomic E-state index is 13.1. The second kappa shape index (κ2) is 9.79. The van der Waals surface area contributed by atoms with Crippen LogP contribution in [0.15, 0.2) is 47.4 Å². The number of carbonyl (C=O) groups is 1. The number of piperidine rings is 1. The fourth-order valence-electron chi connectivity index (χ4n) is 3.99. The van der Waals surface area contributed by atoms with Crippen molar-refractivity contribution in [3.8, 4) is 0 Å². The first-order chi connectivity index (χ1) is 15.3. The van der Waals surface area contributed by atoms with Gasteiger partial charge in [0.15, 0.2) is 0 Å². The van der Waals surface area contributed by atoms with Crippen LogP contribution in [0, 0.1) is 5.92 Å². The molecule has 32 heavy (non-hydrogen) atoms. The van der Waals surface area contributed by atoms with E-state index in [0.29, 0.717) is 37.9 Å². The first-order valence-electron chi connectivity index (χ1n) is 10.9. The number of amides is 1. The summed E-state index contributed by atoms with van der Waals surface area (Å²) in [6, 6.07) is 11.8. The van der Waals surface area contributed by atoms with E-state index in [2.05, 4.69) is 17.1 Å². The van der Waals surface area contributed by atoms with Gasteiger partial charge in [-0.2, -0.15) is 4.31 Å². The van der Waals surface area contributed by atoms with Crippen molar-refractivity contribution in [3.05, 3.63) is 53.1 Å². The maximum absolute atomic E-state index is 13.1. The van der Waals surface area contributed by atoms with Gasteiger partial charge in [-0.05, 0) is 61.2 Å². The van der Waals surface area contributed by atoms with Crippen molar-refractivity contribution >= 4 is 38.9 Å². The number of anilines is 2. The molecule has 172 valence electrons. The van der Waals surface area contributed by atoms with Crippen molar-refractivity contribution < 1.29 is 17.9 Å². The zero-order valence-electron chi connectivity index (χ0n) is 18.1. The van der Waals surface area contributed by atoms with Crippen molar-refractivity contribution in [1.29, 1.82) is 0 Å². The summed E-state index contributed by atoms with van der Waals surface area (Å²) in [6.45, 7) is 6.17. The highest BCUT2D eigenvalue weighted by Gasteiger charge is 2.29. The summed E-state index contributed by atoms with van der Waals surface area (Å²) in [5.41, 5.74) is 1.81. The van der Waals surface area contributed by atoms with Gasteiger partial charge >= 0.3 is 0 Å². The van der Waals surface area contributed by atoms with Crippen LogP contribution in [0.25, 0.3) is 0 Å². The van der Waals surface area contributed by atoms with E-state index in [0.717, 1.165) is 31.6 Å². The molecule has 2 aromatic carbocycles. The lowest BCUT2D eigenvalue weighted by molar-refractivity contribution is 0.102. The van der Waals surface area contributed by atoms with E-state index >= 15 is 0 Å². The highest BCUT2D eigenvalue weighted by molar-refractivity contribution is 7.89. The fourth-order valence-corrected chi connectivity index (χ4v) is 5.69. The Labute approximate surface area is 194 Å². The Morgan fingerprint density at radius 3 is 2.34 bits per heavy atom. The van der Waals surface area contributed by atoms with Crippen LogP contribution in [0.3, 0.4) is 0 Å². The molecule has 0 aliphatic carbocycles. The summed E-state index contributed by atoms with van der Waals surface area (Å²) in [4.78, 5) is 15.2. The van der Waals surface area contributed by atoms with Gasteiger partial charge in [-0.25, -0.2) is 8.42 Å². The lowest BCUT2D eigenvalue weighted by Gasteiger charge is -2.29. The molecule has 7 nitrogen and oxygen atoms in total. The Bertz CT molecular complexity index is 1060. The predicted octanol–water partition coefficient (Wildman–Crippen LogP) is 3.85. The van der Waals surface area contributed by atoms with Crippen LogP contribution in [0.4, 0.5) is 11.4 Å². The second-order valence-electron chi connectivity index (χ2n) is 8.33. The summed E-state index contributed by atoms with van der Waals surface area (Å²) >= 11 is 6.25. The third-order valence-electron chi connectivity index (χ3n) is 6.06. The van der Waals surface area contributed by atoms with Crippen LogP contribution >= 0.6 is 11.6 Å². The number of hydrogen-bond donors (Lipinski definition) is 1. The highest BCUT2D eigenvalue weighted by Crippen LogP contribution is 2.27. The molecule has 1 N–H and O–H groups in total. The minimum absolute atomic E-state index is 0.0873. The summed E-state index contributed by atoms with van der Waals surface area (Å²) in [5, 5.41) is 3.03. The first kappa shape index (κ1) is 23.0. The molecular formula is C23H28ClN3O4S. The Balaban J connectivity index is 1.49. The smallest absolute Gasteiger partial charge is 0.257 e. The van der Waals surface area contributed by atoms with Crippen LogP contribution in [-0.2, 0) is 14.8 Å². The molecule has 2 heterocycles.